The Morgan fingerprint density at radius 3 is 2.32 bits per heavy atom. The Morgan fingerprint density at radius 1 is 1.09 bits per heavy atom. The van der Waals surface area contributed by atoms with Gasteiger partial charge in [-0.15, -0.1) is 5.23 Å². The molecule has 1 aliphatic rings. The molecular weight excluding hydrogens is 292 g/mol. The Bertz CT molecular complexity index is 491. The molecule has 0 heterocycles. The fourth-order valence-electron chi connectivity index (χ4n) is 2.49. The van der Waals surface area contributed by atoms with E-state index in [1.165, 1.54) is 6.07 Å². The van der Waals surface area contributed by atoms with E-state index in [1.54, 1.807) is 0 Å². The second kappa shape index (κ2) is 7.27. The quantitative estimate of drug-likeness (QED) is 0.627. The van der Waals surface area contributed by atoms with Crippen LogP contribution in [0.1, 0.15) is 32.1 Å². The van der Waals surface area contributed by atoms with Gasteiger partial charge < -0.3 is 26.3 Å². The van der Waals surface area contributed by atoms with Crippen molar-refractivity contribution in [2.75, 3.05) is 15.8 Å². The molecule has 4 N–H and O–H groups in total. The first-order valence-electron chi connectivity index (χ1n) is 7.00. The summed E-state index contributed by atoms with van der Waals surface area (Å²) in [5.74, 6) is 0. The average molecular weight is 310 g/mol. The highest BCUT2D eigenvalue weighted by atomic mass is 16.8. The third-order valence-electron chi connectivity index (χ3n) is 3.54. The highest BCUT2D eigenvalue weighted by Gasteiger charge is 2.16. The summed E-state index contributed by atoms with van der Waals surface area (Å²) in [6, 6.07) is 2.96. The van der Waals surface area contributed by atoms with Gasteiger partial charge >= 0.3 is 6.03 Å². The maximum atomic E-state index is 11.9. The molecule has 9 heteroatoms. The number of rotatable bonds is 4. The van der Waals surface area contributed by atoms with Crippen LogP contribution in [0.25, 0.3) is 0 Å². The van der Waals surface area contributed by atoms with Crippen molar-refractivity contribution in [3.05, 3.63) is 28.6 Å². The predicted molar refractivity (Wildman–Crippen MR) is 80.7 cm³/mol. The number of nitrogens with one attached hydrogen (secondary N) is 2. The Hall–Kier alpha value is -2.07. The van der Waals surface area contributed by atoms with E-state index in [9.17, 15) is 15.2 Å². The van der Waals surface area contributed by atoms with Gasteiger partial charge in [-0.25, -0.2) is 4.79 Å². The van der Waals surface area contributed by atoms with Crippen LogP contribution in [-0.2, 0) is 0 Å². The van der Waals surface area contributed by atoms with Gasteiger partial charge in [-0.05, 0) is 31.0 Å². The number of urea groups is 1. The molecule has 0 radical (unpaired) electrons. The summed E-state index contributed by atoms with van der Waals surface area (Å²) < 4.78 is 0. The molecule has 2 rings (SSSR count). The van der Waals surface area contributed by atoms with Crippen LogP contribution in [0, 0.1) is 10.4 Å². The number of carbonyl (C=O) groups is 1. The summed E-state index contributed by atoms with van der Waals surface area (Å²) >= 11 is 0. The highest BCUT2D eigenvalue weighted by Crippen LogP contribution is 2.26. The van der Waals surface area contributed by atoms with Crippen LogP contribution in [0.2, 0.25) is 0 Å². The Kier molecular flexibility index (Phi) is 5.39. The number of nitrogens with zero attached hydrogens (tertiary/aromatic N) is 2. The van der Waals surface area contributed by atoms with E-state index in [0.29, 0.717) is 0 Å². The molecule has 122 valence electrons. The smallest absolute Gasteiger partial charge is 0.319 e. The molecule has 9 nitrogen and oxygen atoms in total. The second-order valence-corrected chi connectivity index (χ2v) is 5.22. The van der Waals surface area contributed by atoms with Crippen molar-refractivity contribution in [1.29, 1.82) is 0 Å². The van der Waals surface area contributed by atoms with Crippen molar-refractivity contribution in [2.24, 2.45) is 0 Å². The van der Waals surface area contributed by atoms with Crippen LogP contribution in [0.3, 0.4) is 0 Å². The maximum absolute atomic E-state index is 11.9. The summed E-state index contributed by atoms with van der Waals surface area (Å²) in [5, 5.41) is 44.0. The molecule has 0 saturated heterocycles. The lowest BCUT2D eigenvalue weighted by Gasteiger charge is -2.38. The largest absolute Gasteiger partial charge is 0.769 e. The topological polar surface area (TPSA) is 134 Å². The van der Waals surface area contributed by atoms with Crippen LogP contribution in [0.4, 0.5) is 21.9 Å². The lowest BCUT2D eigenvalue weighted by Crippen LogP contribution is -2.39. The van der Waals surface area contributed by atoms with Gasteiger partial charge in [-0.2, -0.15) is 0 Å². The average Bonchev–Trinajstić information content (AvgIpc) is 2.47. The van der Waals surface area contributed by atoms with Crippen LogP contribution in [0.5, 0.6) is 0 Å². The van der Waals surface area contributed by atoms with Crippen LogP contribution < -0.4 is 21.1 Å². The number of carbonyl (C=O) groups excluding carboxylic acids is 1. The summed E-state index contributed by atoms with van der Waals surface area (Å²) in [4.78, 5) is 11.9. The molecule has 1 aromatic carbocycles. The first-order valence-corrected chi connectivity index (χ1v) is 7.00. The van der Waals surface area contributed by atoms with Gasteiger partial charge in [0.2, 0.25) is 0 Å². The predicted octanol–water partition coefficient (Wildman–Crippen LogP) is 2.53. The molecule has 0 bridgehead atoms. The molecule has 1 saturated carbocycles. The highest BCUT2D eigenvalue weighted by molar-refractivity contribution is 5.91. The van der Waals surface area contributed by atoms with E-state index >= 15 is 0 Å². The van der Waals surface area contributed by atoms with Gasteiger partial charge in [0.25, 0.3) is 0 Å². The third kappa shape index (κ3) is 4.46. The van der Waals surface area contributed by atoms with Gasteiger partial charge in [0.15, 0.2) is 0 Å². The molecule has 0 spiro atoms. The zero-order chi connectivity index (χ0) is 16.1. The van der Waals surface area contributed by atoms with E-state index in [0.717, 1.165) is 44.2 Å². The monoisotopic (exact) mass is 310 g/mol. The van der Waals surface area contributed by atoms with Crippen molar-refractivity contribution in [3.63, 3.8) is 0 Å². The van der Waals surface area contributed by atoms with E-state index < -0.39 is 11.3 Å². The summed E-state index contributed by atoms with van der Waals surface area (Å²) in [6.45, 7) is 0. The number of amides is 2. The van der Waals surface area contributed by atoms with Crippen LogP contribution in [0.15, 0.2) is 18.2 Å². The Balaban J connectivity index is 2.05. The third-order valence-corrected chi connectivity index (χ3v) is 3.54. The summed E-state index contributed by atoms with van der Waals surface area (Å²) in [7, 11) is 0. The summed E-state index contributed by atoms with van der Waals surface area (Å²) in [6.07, 6.45) is 5.12. The van der Waals surface area contributed by atoms with Crippen molar-refractivity contribution < 1.29 is 15.2 Å². The SMILES string of the molecule is O=C(Nc1cc(N([O-])[O-])cc(N(O)O)c1)NC1CCCCC1. The first kappa shape index (κ1) is 16.3. The minimum atomic E-state index is -0.683. The lowest BCUT2D eigenvalue weighted by atomic mass is 9.96. The van der Waals surface area contributed by atoms with Crippen molar-refractivity contribution in [2.45, 2.75) is 38.1 Å². The molecular formula is C13H18N4O5-2. The fraction of sp³-hybridized carbons (Fsp3) is 0.462. The minimum Gasteiger partial charge on any atom is -0.769 e. The van der Waals surface area contributed by atoms with E-state index in [2.05, 4.69) is 10.6 Å². The normalized spacial score (nSPS) is 15.3. The number of hydrogen-bond acceptors (Lipinski definition) is 7. The summed E-state index contributed by atoms with van der Waals surface area (Å²) in [5.41, 5.74) is -0.480. The van der Waals surface area contributed by atoms with Gasteiger partial charge in [-0.1, -0.05) is 19.3 Å². The lowest BCUT2D eigenvalue weighted by molar-refractivity contribution is 0.0292. The van der Waals surface area contributed by atoms with Crippen molar-refractivity contribution >= 4 is 23.1 Å². The molecule has 1 aromatic rings. The number of hydrogen-bond donors (Lipinski definition) is 4. The Morgan fingerprint density at radius 2 is 1.73 bits per heavy atom. The minimum absolute atomic E-state index is 0.0964. The standard InChI is InChI=1S/C13H18N4O5/c18-13(14-9-4-2-1-3-5-9)15-10-6-11(16(19)20)8-12(7-10)17(21)22/h6-9,19-20H,1-5H2,(H2,14,15,18)/q-2. The van der Waals surface area contributed by atoms with Crippen LogP contribution in [-0.4, -0.2) is 22.5 Å². The molecule has 1 fully saturated rings. The molecule has 1 aliphatic carbocycles. The molecule has 0 atom stereocenters. The molecule has 2 amide bonds. The maximum Gasteiger partial charge on any atom is 0.319 e. The van der Waals surface area contributed by atoms with Gasteiger partial charge in [0.05, 0.1) is 5.69 Å². The van der Waals surface area contributed by atoms with Gasteiger partial charge in [-0.3, -0.25) is 10.4 Å². The zero-order valence-electron chi connectivity index (χ0n) is 11.9. The van der Waals surface area contributed by atoms with E-state index in [-0.39, 0.29) is 28.3 Å². The molecule has 0 aliphatic heterocycles. The molecule has 0 aromatic heterocycles. The number of benzene rings is 1. The van der Waals surface area contributed by atoms with E-state index in [4.69, 9.17) is 10.4 Å². The Labute approximate surface area is 127 Å². The van der Waals surface area contributed by atoms with Crippen molar-refractivity contribution in [1.82, 2.24) is 5.32 Å². The fourth-order valence-corrected chi connectivity index (χ4v) is 2.49. The first-order chi connectivity index (χ1) is 10.5. The van der Waals surface area contributed by atoms with E-state index in [1.807, 2.05) is 0 Å². The van der Waals surface area contributed by atoms with Gasteiger partial charge in [0, 0.05) is 17.4 Å². The molecule has 22 heavy (non-hydrogen) atoms. The number of anilines is 3. The zero-order valence-corrected chi connectivity index (χ0v) is 11.9. The van der Waals surface area contributed by atoms with Crippen LogP contribution >= 0.6 is 0 Å². The second-order valence-electron chi connectivity index (χ2n) is 5.22. The molecule has 0 unspecified atom stereocenters. The van der Waals surface area contributed by atoms with Gasteiger partial charge in [0.1, 0.15) is 0 Å². The van der Waals surface area contributed by atoms with Crippen molar-refractivity contribution in [3.8, 4) is 0 Å².